The van der Waals surface area contributed by atoms with Crippen LogP contribution in [0, 0.1) is 0 Å². The summed E-state index contributed by atoms with van der Waals surface area (Å²) >= 11 is 10.7. The number of benzene rings is 2. The van der Waals surface area contributed by atoms with E-state index in [0.717, 1.165) is 15.8 Å². The molecule has 6 nitrogen and oxygen atoms in total. The molecule has 9 heteroatoms. The van der Waals surface area contributed by atoms with Gasteiger partial charge < -0.3 is 10.1 Å². The highest BCUT2D eigenvalue weighted by Crippen LogP contribution is 2.27. The molecule has 0 fully saturated rings. The van der Waals surface area contributed by atoms with Gasteiger partial charge in [-0.25, -0.2) is 0 Å². The van der Waals surface area contributed by atoms with E-state index in [1.54, 1.807) is 31.4 Å². The molecule has 3 rings (SSSR count). The Morgan fingerprint density at radius 3 is 2.72 bits per heavy atom. The third kappa shape index (κ3) is 5.41. The van der Waals surface area contributed by atoms with E-state index < -0.39 is 0 Å². The molecule has 0 aliphatic carbocycles. The predicted molar refractivity (Wildman–Crippen MR) is 121 cm³/mol. The smallest absolute Gasteiger partial charge is 0.234 e. The zero-order chi connectivity index (χ0) is 20.8. The summed E-state index contributed by atoms with van der Waals surface area (Å²) in [5, 5.41) is 12.5. The van der Waals surface area contributed by atoms with Gasteiger partial charge in [-0.1, -0.05) is 29.4 Å². The highest BCUT2D eigenvalue weighted by atomic mass is 79.9. The molecule has 1 amide bonds. The summed E-state index contributed by atoms with van der Waals surface area (Å²) in [5.74, 6) is 1.50. The molecule has 1 N–H and O–H groups in total. The van der Waals surface area contributed by atoms with E-state index in [1.165, 1.54) is 11.8 Å². The first-order chi connectivity index (χ1) is 14.0. The number of carbonyl (C=O) groups is 1. The van der Waals surface area contributed by atoms with E-state index in [4.69, 9.17) is 16.3 Å². The Hall–Kier alpha value is -2.29. The van der Waals surface area contributed by atoms with Crippen LogP contribution in [0.15, 0.2) is 64.7 Å². The molecule has 0 radical (unpaired) electrons. The highest BCUT2D eigenvalue weighted by Gasteiger charge is 2.15. The number of carbonyl (C=O) groups excluding carboxylic acids is 1. The van der Waals surface area contributed by atoms with E-state index in [-0.39, 0.29) is 11.7 Å². The first-order valence-corrected chi connectivity index (χ1v) is 10.7. The zero-order valence-corrected chi connectivity index (χ0v) is 18.7. The van der Waals surface area contributed by atoms with Gasteiger partial charge in [0, 0.05) is 22.3 Å². The van der Waals surface area contributed by atoms with E-state index in [0.29, 0.717) is 28.2 Å². The van der Waals surface area contributed by atoms with Crippen molar-refractivity contribution >= 4 is 50.9 Å². The van der Waals surface area contributed by atoms with Crippen LogP contribution in [0.1, 0.15) is 0 Å². The van der Waals surface area contributed by atoms with Gasteiger partial charge >= 0.3 is 0 Å². The van der Waals surface area contributed by atoms with Crippen molar-refractivity contribution in [3.63, 3.8) is 0 Å². The molecule has 29 heavy (non-hydrogen) atoms. The molecule has 1 heterocycles. The van der Waals surface area contributed by atoms with Gasteiger partial charge in [0.1, 0.15) is 5.75 Å². The molecule has 0 saturated heterocycles. The topological polar surface area (TPSA) is 69.0 Å². The highest BCUT2D eigenvalue weighted by molar-refractivity contribution is 9.10. The quantitative estimate of drug-likeness (QED) is 0.341. The lowest BCUT2D eigenvalue weighted by Crippen LogP contribution is -2.14. The van der Waals surface area contributed by atoms with Crippen LogP contribution in [-0.2, 0) is 11.3 Å². The third-order valence-electron chi connectivity index (χ3n) is 3.91. The van der Waals surface area contributed by atoms with Crippen LogP contribution < -0.4 is 10.1 Å². The van der Waals surface area contributed by atoms with Gasteiger partial charge in [-0.2, -0.15) is 0 Å². The number of allylic oxidation sites excluding steroid dienone is 1. The lowest BCUT2D eigenvalue weighted by Gasteiger charge is -2.09. The molecule has 0 spiro atoms. The molecule has 150 valence electrons. The Balaban J connectivity index is 1.71. The van der Waals surface area contributed by atoms with Gasteiger partial charge in [-0.05, 0) is 58.4 Å². The Bertz CT molecular complexity index is 1020. The van der Waals surface area contributed by atoms with Crippen LogP contribution in [0.3, 0.4) is 0 Å². The molecule has 0 unspecified atom stereocenters. The number of thioether (sulfide) groups is 1. The zero-order valence-electron chi connectivity index (χ0n) is 15.6. The van der Waals surface area contributed by atoms with Crippen molar-refractivity contribution in [2.45, 2.75) is 11.7 Å². The molecule has 0 atom stereocenters. The van der Waals surface area contributed by atoms with Gasteiger partial charge in [0.2, 0.25) is 5.91 Å². The van der Waals surface area contributed by atoms with Crippen LogP contribution >= 0.6 is 39.3 Å². The van der Waals surface area contributed by atoms with Crippen LogP contribution in [0.2, 0.25) is 5.02 Å². The van der Waals surface area contributed by atoms with Gasteiger partial charge in [-0.15, -0.1) is 16.8 Å². The second-order valence-corrected chi connectivity index (χ2v) is 8.10. The third-order valence-corrected chi connectivity index (χ3v) is 6.11. The minimum Gasteiger partial charge on any atom is -0.497 e. The molecule has 3 aromatic rings. The van der Waals surface area contributed by atoms with Crippen LogP contribution in [0.25, 0.3) is 11.4 Å². The van der Waals surface area contributed by atoms with Crippen molar-refractivity contribution in [3.8, 4) is 17.1 Å². The molecular formula is C20H18BrClN4O2S. The number of rotatable bonds is 8. The number of nitrogens with zero attached hydrogens (tertiary/aromatic N) is 3. The molecule has 0 saturated carbocycles. The van der Waals surface area contributed by atoms with E-state index in [9.17, 15) is 4.79 Å². The van der Waals surface area contributed by atoms with Crippen LogP contribution in [0.5, 0.6) is 5.75 Å². The Morgan fingerprint density at radius 2 is 2.07 bits per heavy atom. The Labute approximate surface area is 186 Å². The summed E-state index contributed by atoms with van der Waals surface area (Å²) in [5.41, 5.74) is 1.54. The van der Waals surface area contributed by atoms with Gasteiger partial charge in [-0.3, -0.25) is 9.36 Å². The van der Waals surface area contributed by atoms with E-state index in [1.807, 2.05) is 28.8 Å². The van der Waals surface area contributed by atoms with E-state index >= 15 is 0 Å². The number of hydrogen-bond donors (Lipinski definition) is 1. The summed E-state index contributed by atoms with van der Waals surface area (Å²) in [4.78, 5) is 12.3. The lowest BCUT2D eigenvalue weighted by atomic mass is 10.2. The maximum absolute atomic E-state index is 12.3. The number of ether oxygens (including phenoxy) is 1. The van der Waals surface area contributed by atoms with Crippen molar-refractivity contribution in [2.24, 2.45) is 0 Å². The summed E-state index contributed by atoms with van der Waals surface area (Å²) in [6.07, 6.45) is 1.77. The fraction of sp³-hybridized carbons (Fsp3) is 0.150. The Kier molecular flexibility index (Phi) is 7.35. The summed E-state index contributed by atoms with van der Waals surface area (Å²) < 4.78 is 7.89. The summed E-state index contributed by atoms with van der Waals surface area (Å²) in [7, 11) is 1.62. The van der Waals surface area contributed by atoms with Crippen molar-refractivity contribution in [1.29, 1.82) is 0 Å². The van der Waals surface area contributed by atoms with E-state index in [2.05, 4.69) is 38.0 Å². The number of methoxy groups -OCH3 is 1. The van der Waals surface area contributed by atoms with Crippen molar-refractivity contribution in [2.75, 3.05) is 18.2 Å². The maximum Gasteiger partial charge on any atom is 0.234 e. The molecule has 0 aliphatic heterocycles. The van der Waals surface area contributed by atoms with Gasteiger partial charge in [0.05, 0.1) is 17.9 Å². The molecule has 2 aromatic carbocycles. The van der Waals surface area contributed by atoms with Crippen LogP contribution in [0.4, 0.5) is 5.69 Å². The normalized spacial score (nSPS) is 10.6. The monoisotopic (exact) mass is 492 g/mol. The standard InChI is InChI=1S/C20H18BrClN4O2S/c1-3-10-26-19(13-4-7-15(28-2)8-5-13)24-25-20(26)29-12-18(27)23-14-6-9-16(21)17(22)11-14/h3-9,11H,1,10,12H2,2H3,(H,23,27). The second-order valence-electron chi connectivity index (χ2n) is 5.90. The number of aromatic nitrogens is 3. The number of nitrogens with one attached hydrogen (secondary N) is 1. The second kappa shape index (κ2) is 9.96. The minimum atomic E-state index is -0.160. The van der Waals surface area contributed by atoms with Gasteiger partial charge in [0.25, 0.3) is 0 Å². The fourth-order valence-corrected chi connectivity index (χ4v) is 3.72. The lowest BCUT2D eigenvalue weighted by molar-refractivity contribution is -0.113. The predicted octanol–water partition coefficient (Wildman–Crippen LogP) is 5.29. The molecule has 0 aliphatic rings. The van der Waals surface area contributed by atoms with Crippen molar-refractivity contribution in [1.82, 2.24) is 14.8 Å². The summed E-state index contributed by atoms with van der Waals surface area (Å²) in [6, 6.07) is 12.8. The Morgan fingerprint density at radius 1 is 1.31 bits per heavy atom. The first-order valence-electron chi connectivity index (χ1n) is 8.58. The first kappa shape index (κ1) is 21.4. The fourth-order valence-electron chi connectivity index (χ4n) is 2.54. The SMILES string of the molecule is C=CCn1c(SCC(=O)Nc2ccc(Br)c(Cl)c2)nnc1-c1ccc(OC)cc1. The number of halogens is 2. The van der Waals surface area contributed by atoms with Gasteiger partial charge in [0.15, 0.2) is 11.0 Å². The van der Waals surface area contributed by atoms with Crippen molar-refractivity contribution in [3.05, 3.63) is 64.6 Å². The number of anilines is 1. The average molecular weight is 494 g/mol. The summed E-state index contributed by atoms with van der Waals surface area (Å²) in [6.45, 7) is 4.33. The number of amides is 1. The largest absolute Gasteiger partial charge is 0.497 e. The maximum atomic E-state index is 12.3. The molecule has 0 bridgehead atoms. The number of hydrogen-bond acceptors (Lipinski definition) is 5. The molecule has 1 aromatic heterocycles. The van der Waals surface area contributed by atoms with Crippen LogP contribution in [-0.4, -0.2) is 33.5 Å². The minimum absolute atomic E-state index is 0.160. The van der Waals surface area contributed by atoms with Crippen molar-refractivity contribution < 1.29 is 9.53 Å². The average Bonchev–Trinajstić information content (AvgIpc) is 3.12. The molecular weight excluding hydrogens is 476 g/mol.